The van der Waals surface area contributed by atoms with Crippen LogP contribution in [0.5, 0.6) is 0 Å². The summed E-state index contributed by atoms with van der Waals surface area (Å²) in [5.41, 5.74) is 6.75. The Morgan fingerprint density at radius 2 is 1.53 bits per heavy atom. The zero-order chi connectivity index (χ0) is 24.8. The summed E-state index contributed by atoms with van der Waals surface area (Å²) in [4.78, 5) is 28.6. The minimum atomic E-state index is -0.266. The van der Waals surface area contributed by atoms with Crippen LogP contribution in [0.1, 0.15) is 64.2 Å². The molecule has 3 aliphatic rings. The highest BCUT2D eigenvalue weighted by Gasteiger charge is 2.46. The Bertz CT molecular complexity index is 1350. The first kappa shape index (κ1) is 22.5. The van der Waals surface area contributed by atoms with Crippen molar-refractivity contribution in [1.29, 1.82) is 5.26 Å². The second-order valence-corrected chi connectivity index (χ2v) is 10.2. The van der Waals surface area contributed by atoms with Crippen LogP contribution in [0.25, 0.3) is 11.1 Å². The first-order chi connectivity index (χ1) is 17.6. The van der Waals surface area contributed by atoms with E-state index in [1.807, 2.05) is 42.2 Å². The number of hydrogen-bond acceptors (Lipinski definition) is 4. The van der Waals surface area contributed by atoms with E-state index in [1.165, 1.54) is 22.3 Å². The van der Waals surface area contributed by atoms with E-state index in [0.29, 0.717) is 30.6 Å². The number of hydrogen-bond donors (Lipinski definition) is 0. The number of nitriles is 1. The average Bonchev–Trinajstić information content (AvgIpc) is 3.37. The Kier molecular flexibility index (Phi) is 5.60. The number of amides is 1. The molecule has 2 fully saturated rings. The molecule has 5 heteroatoms. The molecule has 0 radical (unpaired) electrons. The fraction of sp³-hybridized carbons (Fsp3) is 0.323. The van der Waals surface area contributed by atoms with Crippen molar-refractivity contribution in [2.75, 3.05) is 6.61 Å². The standard InChI is InChI=1S/C31H28N2O3/c1-19-20(17-32)7-6-12-24(19)30(34)21-15-22-13-14-23(16-21)33(22)31(35)36-18-29-27-10-4-2-8-25(27)26-9-3-5-11-28(26)29/h2-12,21-23,29H,13-16,18H2,1H3. The van der Waals surface area contributed by atoms with Gasteiger partial charge in [0.05, 0.1) is 11.6 Å². The van der Waals surface area contributed by atoms with Gasteiger partial charge in [-0.1, -0.05) is 60.7 Å². The molecule has 2 heterocycles. The van der Waals surface area contributed by atoms with Gasteiger partial charge in [0.25, 0.3) is 0 Å². The minimum absolute atomic E-state index is 0.0211. The van der Waals surface area contributed by atoms with Gasteiger partial charge in [-0.15, -0.1) is 0 Å². The van der Waals surface area contributed by atoms with Gasteiger partial charge >= 0.3 is 6.09 Å². The van der Waals surface area contributed by atoms with E-state index in [2.05, 4.69) is 30.3 Å². The fourth-order valence-electron chi connectivity index (χ4n) is 6.60. The van der Waals surface area contributed by atoms with E-state index < -0.39 is 0 Å². The van der Waals surface area contributed by atoms with Crippen molar-refractivity contribution in [3.05, 3.63) is 94.5 Å². The number of ether oxygens (including phenoxy) is 1. The molecule has 36 heavy (non-hydrogen) atoms. The molecule has 1 aliphatic carbocycles. The SMILES string of the molecule is Cc1c(C#N)cccc1C(=O)C1CC2CCC(C1)N2C(=O)OCC1c2ccccc2-c2ccccc21. The predicted molar refractivity (Wildman–Crippen MR) is 137 cm³/mol. The Labute approximate surface area is 211 Å². The summed E-state index contributed by atoms with van der Waals surface area (Å²) in [5.74, 6) is -0.00466. The van der Waals surface area contributed by atoms with Gasteiger partial charge in [-0.2, -0.15) is 5.26 Å². The topological polar surface area (TPSA) is 70.4 Å². The molecule has 2 atom stereocenters. The summed E-state index contributed by atoms with van der Waals surface area (Å²) < 4.78 is 5.96. The molecule has 2 unspecified atom stereocenters. The van der Waals surface area contributed by atoms with Crippen LogP contribution < -0.4 is 0 Å². The number of piperidine rings is 1. The Morgan fingerprint density at radius 1 is 0.917 bits per heavy atom. The highest BCUT2D eigenvalue weighted by molar-refractivity contribution is 5.99. The maximum Gasteiger partial charge on any atom is 0.410 e. The highest BCUT2D eigenvalue weighted by atomic mass is 16.6. The van der Waals surface area contributed by atoms with Crippen LogP contribution in [-0.2, 0) is 4.74 Å². The largest absolute Gasteiger partial charge is 0.448 e. The van der Waals surface area contributed by atoms with Crippen LogP contribution in [0.4, 0.5) is 4.79 Å². The van der Waals surface area contributed by atoms with Gasteiger partial charge in [-0.25, -0.2) is 4.79 Å². The normalized spacial score (nSPS) is 22.0. The van der Waals surface area contributed by atoms with Crippen molar-refractivity contribution in [2.24, 2.45) is 5.92 Å². The smallest absolute Gasteiger partial charge is 0.410 e. The molecule has 180 valence electrons. The molecule has 0 aromatic heterocycles. The van der Waals surface area contributed by atoms with Crippen molar-refractivity contribution in [3.63, 3.8) is 0 Å². The Morgan fingerprint density at radius 3 is 2.14 bits per heavy atom. The van der Waals surface area contributed by atoms with Crippen LogP contribution in [0.2, 0.25) is 0 Å². The third kappa shape index (κ3) is 3.60. The van der Waals surface area contributed by atoms with Gasteiger partial charge in [-0.3, -0.25) is 4.79 Å². The number of carbonyl (C=O) groups excluding carboxylic acids is 2. The molecule has 6 rings (SSSR count). The summed E-state index contributed by atoms with van der Waals surface area (Å²) in [6.07, 6.45) is 2.83. The zero-order valence-electron chi connectivity index (χ0n) is 20.3. The third-order valence-corrected chi connectivity index (χ3v) is 8.37. The number of rotatable bonds is 4. The van der Waals surface area contributed by atoms with Crippen LogP contribution in [0, 0.1) is 24.2 Å². The summed E-state index contributed by atoms with van der Waals surface area (Å²) >= 11 is 0. The van der Waals surface area contributed by atoms with Crippen molar-refractivity contribution in [3.8, 4) is 17.2 Å². The average molecular weight is 477 g/mol. The monoisotopic (exact) mass is 476 g/mol. The maximum absolute atomic E-state index is 13.4. The molecular formula is C31H28N2O3. The molecule has 2 saturated heterocycles. The molecule has 3 aromatic rings. The summed E-state index contributed by atoms with van der Waals surface area (Å²) in [7, 11) is 0. The molecule has 2 aliphatic heterocycles. The quantitative estimate of drug-likeness (QED) is 0.418. The lowest BCUT2D eigenvalue weighted by Crippen LogP contribution is -2.48. The van der Waals surface area contributed by atoms with Gasteiger partial charge in [0, 0.05) is 29.5 Å². The molecule has 3 aromatic carbocycles. The first-order valence-electron chi connectivity index (χ1n) is 12.7. The van der Waals surface area contributed by atoms with Crippen LogP contribution >= 0.6 is 0 Å². The van der Waals surface area contributed by atoms with E-state index in [9.17, 15) is 14.9 Å². The number of nitrogens with zero attached hydrogens (tertiary/aromatic N) is 2. The number of ketones is 1. The van der Waals surface area contributed by atoms with Crippen LogP contribution in [-0.4, -0.2) is 35.5 Å². The molecule has 0 N–H and O–H groups in total. The second-order valence-electron chi connectivity index (χ2n) is 10.2. The van der Waals surface area contributed by atoms with Crippen molar-refractivity contribution in [2.45, 2.75) is 50.6 Å². The van der Waals surface area contributed by atoms with E-state index in [4.69, 9.17) is 4.74 Å². The van der Waals surface area contributed by atoms with Crippen molar-refractivity contribution in [1.82, 2.24) is 4.90 Å². The molecule has 1 amide bonds. The predicted octanol–water partition coefficient (Wildman–Crippen LogP) is 6.24. The van der Waals surface area contributed by atoms with Crippen molar-refractivity contribution >= 4 is 11.9 Å². The molecule has 5 nitrogen and oxygen atoms in total. The third-order valence-electron chi connectivity index (χ3n) is 8.37. The summed E-state index contributed by atoms with van der Waals surface area (Å²) in [6, 6.07) is 24.2. The van der Waals surface area contributed by atoms with Crippen LogP contribution in [0.3, 0.4) is 0 Å². The van der Waals surface area contributed by atoms with Gasteiger partial charge in [0.15, 0.2) is 5.78 Å². The van der Waals surface area contributed by atoms with Gasteiger partial charge in [0.2, 0.25) is 0 Å². The van der Waals surface area contributed by atoms with Gasteiger partial charge in [-0.05, 0) is 66.5 Å². The molecule has 0 spiro atoms. The number of carbonyl (C=O) groups is 2. The Balaban J connectivity index is 1.15. The lowest BCUT2D eigenvalue weighted by molar-refractivity contribution is 0.0505. The highest BCUT2D eigenvalue weighted by Crippen LogP contribution is 2.45. The van der Waals surface area contributed by atoms with Gasteiger partial charge in [0.1, 0.15) is 6.61 Å². The van der Waals surface area contributed by atoms with E-state index in [-0.39, 0.29) is 35.8 Å². The molecular weight excluding hydrogens is 448 g/mol. The second kappa shape index (κ2) is 8.95. The Hall–Kier alpha value is -3.91. The van der Waals surface area contributed by atoms with Crippen LogP contribution in [0.15, 0.2) is 66.7 Å². The van der Waals surface area contributed by atoms with Gasteiger partial charge < -0.3 is 9.64 Å². The van der Waals surface area contributed by atoms with Crippen molar-refractivity contribution < 1.29 is 14.3 Å². The summed E-state index contributed by atoms with van der Waals surface area (Å²) in [6.45, 7) is 2.15. The zero-order valence-corrected chi connectivity index (χ0v) is 20.3. The van der Waals surface area contributed by atoms with E-state index >= 15 is 0 Å². The minimum Gasteiger partial charge on any atom is -0.448 e. The molecule has 0 saturated carbocycles. The fourth-order valence-corrected chi connectivity index (χ4v) is 6.60. The summed E-state index contributed by atoms with van der Waals surface area (Å²) in [5, 5.41) is 9.34. The first-order valence-corrected chi connectivity index (χ1v) is 12.7. The molecule has 2 bridgehead atoms. The lowest BCUT2D eigenvalue weighted by Gasteiger charge is -2.38. The van der Waals surface area contributed by atoms with E-state index in [1.54, 1.807) is 12.1 Å². The number of fused-ring (bicyclic) bond motifs is 5. The number of Topliss-reactive ketones (excluding diaryl/α,β-unsaturated/α-hetero) is 1. The van der Waals surface area contributed by atoms with E-state index in [0.717, 1.165) is 18.4 Å². The number of benzene rings is 3. The maximum atomic E-state index is 13.4. The lowest BCUT2D eigenvalue weighted by atomic mass is 9.83.